The van der Waals surface area contributed by atoms with Crippen molar-refractivity contribution in [3.8, 4) is 0 Å². The monoisotopic (exact) mass is 386 g/mol. The molecule has 0 spiro atoms. The predicted molar refractivity (Wildman–Crippen MR) is 115 cm³/mol. The highest BCUT2D eigenvalue weighted by Gasteiger charge is 2.44. The Hall–Kier alpha value is -1.62. The zero-order chi connectivity index (χ0) is 20.9. The molecular formula is C23H38N4O. The second-order valence-corrected chi connectivity index (χ2v) is 11.4. The highest BCUT2D eigenvalue weighted by Crippen LogP contribution is 2.45. The van der Waals surface area contributed by atoms with Crippen molar-refractivity contribution in [2.45, 2.75) is 74.9 Å². The van der Waals surface area contributed by atoms with E-state index in [9.17, 15) is 0 Å². The topological polar surface area (TPSA) is 44.9 Å². The highest BCUT2D eigenvalue weighted by atomic mass is 16.3. The van der Waals surface area contributed by atoms with Crippen LogP contribution in [-0.2, 0) is 6.54 Å². The van der Waals surface area contributed by atoms with Gasteiger partial charge in [0, 0.05) is 37.3 Å². The summed E-state index contributed by atoms with van der Waals surface area (Å²) in [5.74, 6) is 1.23. The zero-order valence-corrected chi connectivity index (χ0v) is 19.3. The lowest BCUT2D eigenvalue weighted by Crippen LogP contribution is -2.55. The summed E-state index contributed by atoms with van der Waals surface area (Å²) >= 11 is 0. The number of nitrogens with zero attached hydrogens (tertiary/aromatic N) is 4. The van der Waals surface area contributed by atoms with Crippen molar-refractivity contribution in [2.75, 3.05) is 19.6 Å². The van der Waals surface area contributed by atoms with Gasteiger partial charge in [-0.25, -0.2) is 4.98 Å². The number of oxazole rings is 1. The maximum Gasteiger partial charge on any atom is 0.180 e. The minimum Gasteiger partial charge on any atom is -0.451 e. The van der Waals surface area contributed by atoms with E-state index in [0.717, 1.165) is 31.9 Å². The van der Waals surface area contributed by atoms with Crippen LogP contribution in [0.25, 0.3) is 0 Å². The summed E-state index contributed by atoms with van der Waals surface area (Å²) in [6.07, 6.45) is 3.28. The molecule has 1 aromatic heterocycles. The molecule has 1 fully saturated rings. The third-order valence-electron chi connectivity index (χ3n) is 5.60. The Morgan fingerprint density at radius 2 is 1.68 bits per heavy atom. The summed E-state index contributed by atoms with van der Waals surface area (Å²) in [6, 6.07) is 0.194. The van der Waals surface area contributed by atoms with Gasteiger partial charge in [-0.15, -0.1) is 0 Å². The maximum atomic E-state index is 5.40. The number of fused-ring (bicyclic) bond motifs is 1. The van der Waals surface area contributed by atoms with Gasteiger partial charge in [0.1, 0.15) is 12.1 Å². The molecule has 0 N–H and O–H groups in total. The molecule has 3 heterocycles. The van der Waals surface area contributed by atoms with Gasteiger partial charge < -0.3 is 9.32 Å². The van der Waals surface area contributed by atoms with Crippen molar-refractivity contribution >= 4 is 5.84 Å². The summed E-state index contributed by atoms with van der Waals surface area (Å²) in [6.45, 7) is 24.5. The van der Waals surface area contributed by atoms with E-state index in [2.05, 4.69) is 77.1 Å². The smallest absolute Gasteiger partial charge is 0.180 e. The first-order valence-electron chi connectivity index (χ1n) is 10.5. The van der Waals surface area contributed by atoms with Crippen molar-refractivity contribution in [3.05, 3.63) is 29.6 Å². The Kier molecular flexibility index (Phi) is 5.28. The lowest BCUT2D eigenvalue weighted by atomic mass is 9.70. The van der Waals surface area contributed by atoms with Crippen molar-refractivity contribution in [3.63, 3.8) is 0 Å². The number of aliphatic imine (C=N–C) groups is 1. The van der Waals surface area contributed by atoms with Crippen LogP contribution < -0.4 is 0 Å². The molecule has 0 aromatic carbocycles. The molecule has 1 saturated heterocycles. The van der Waals surface area contributed by atoms with E-state index in [0.29, 0.717) is 0 Å². The molecular weight excluding hydrogens is 348 g/mol. The summed E-state index contributed by atoms with van der Waals surface area (Å²) in [7, 11) is 0. The van der Waals surface area contributed by atoms with Crippen LogP contribution in [0.5, 0.6) is 0 Å². The van der Waals surface area contributed by atoms with Crippen molar-refractivity contribution in [1.29, 1.82) is 0 Å². The lowest BCUT2D eigenvalue weighted by Gasteiger charge is -2.51. The fraction of sp³-hybridized carbons (Fsp3) is 0.739. The van der Waals surface area contributed by atoms with E-state index in [1.54, 1.807) is 6.26 Å². The number of amidine groups is 1. The van der Waals surface area contributed by atoms with Crippen LogP contribution >= 0.6 is 0 Å². The fourth-order valence-corrected chi connectivity index (χ4v) is 4.38. The molecule has 28 heavy (non-hydrogen) atoms. The molecule has 0 amide bonds. The molecule has 5 heteroatoms. The van der Waals surface area contributed by atoms with Crippen LogP contribution in [0.2, 0.25) is 0 Å². The Morgan fingerprint density at radius 3 is 2.18 bits per heavy atom. The van der Waals surface area contributed by atoms with E-state index in [4.69, 9.17) is 9.41 Å². The molecule has 0 aliphatic carbocycles. The highest BCUT2D eigenvalue weighted by molar-refractivity contribution is 5.90. The standard InChI is InChI=1S/C23H38N4O/c1-21(2,3)18-17-13-26(12-16-14-28-15-24-16)10-11-27(17)20(23(7,8)9)25-19(18)22(4,5)6/h14-15,19H,10-13H2,1-9H3. The van der Waals surface area contributed by atoms with E-state index < -0.39 is 0 Å². The third-order valence-corrected chi connectivity index (χ3v) is 5.60. The quantitative estimate of drug-likeness (QED) is 0.720. The normalized spacial score (nSPS) is 22.4. The van der Waals surface area contributed by atoms with E-state index in [1.165, 1.54) is 23.5 Å². The minimum absolute atomic E-state index is 0.0203. The Labute approximate surface area is 170 Å². The Bertz CT molecular complexity index is 754. The molecule has 2 aliphatic rings. The van der Waals surface area contributed by atoms with Gasteiger partial charge in [0.2, 0.25) is 0 Å². The maximum absolute atomic E-state index is 5.40. The average Bonchev–Trinajstić information content (AvgIpc) is 3.03. The van der Waals surface area contributed by atoms with Gasteiger partial charge in [-0.05, 0) is 16.4 Å². The molecule has 156 valence electrons. The first-order chi connectivity index (χ1) is 12.8. The molecule has 0 radical (unpaired) electrons. The largest absolute Gasteiger partial charge is 0.451 e. The van der Waals surface area contributed by atoms with Gasteiger partial charge in [-0.1, -0.05) is 62.3 Å². The van der Waals surface area contributed by atoms with Gasteiger partial charge in [0.25, 0.3) is 0 Å². The summed E-state index contributed by atoms with van der Waals surface area (Å²) in [5.41, 5.74) is 4.09. The van der Waals surface area contributed by atoms with Gasteiger partial charge in [0.05, 0.1) is 11.7 Å². The van der Waals surface area contributed by atoms with Gasteiger partial charge in [-0.3, -0.25) is 9.89 Å². The van der Waals surface area contributed by atoms with Crippen molar-refractivity contribution in [2.24, 2.45) is 21.2 Å². The molecule has 5 nitrogen and oxygen atoms in total. The van der Waals surface area contributed by atoms with Crippen LogP contribution in [0.15, 0.2) is 33.3 Å². The average molecular weight is 387 g/mol. The number of hydrogen-bond donors (Lipinski definition) is 0. The van der Waals surface area contributed by atoms with E-state index in [-0.39, 0.29) is 22.3 Å². The van der Waals surface area contributed by atoms with Crippen LogP contribution in [0.3, 0.4) is 0 Å². The fourth-order valence-electron chi connectivity index (χ4n) is 4.38. The first kappa shape index (κ1) is 21.1. The SMILES string of the molecule is CC(C)(C)C1=NC(C(C)(C)C)C(C(C)(C)C)=C2CN(Cc3cocn3)CCN12. The van der Waals surface area contributed by atoms with Gasteiger partial charge >= 0.3 is 0 Å². The molecule has 0 saturated carbocycles. The summed E-state index contributed by atoms with van der Waals surface area (Å²) in [5, 5.41) is 0. The van der Waals surface area contributed by atoms with Crippen LogP contribution in [-0.4, -0.2) is 46.3 Å². The van der Waals surface area contributed by atoms with Crippen molar-refractivity contribution < 1.29 is 4.42 Å². The summed E-state index contributed by atoms with van der Waals surface area (Å²) < 4.78 is 5.18. The second kappa shape index (κ2) is 7.01. The number of hydrogen-bond acceptors (Lipinski definition) is 5. The number of rotatable bonds is 2. The van der Waals surface area contributed by atoms with E-state index >= 15 is 0 Å². The number of piperazine rings is 1. The van der Waals surface area contributed by atoms with Crippen molar-refractivity contribution in [1.82, 2.24) is 14.8 Å². The number of aromatic nitrogens is 1. The molecule has 3 rings (SSSR count). The minimum atomic E-state index is 0.0203. The molecule has 1 aromatic rings. The third kappa shape index (κ3) is 4.19. The van der Waals surface area contributed by atoms with Gasteiger partial charge in [0.15, 0.2) is 6.39 Å². The van der Waals surface area contributed by atoms with Gasteiger partial charge in [-0.2, -0.15) is 0 Å². The van der Waals surface area contributed by atoms with Crippen LogP contribution in [0.1, 0.15) is 68.0 Å². The van der Waals surface area contributed by atoms with Crippen LogP contribution in [0, 0.1) is 16.2 Å². The predicted octanol–water partition coefficient (Wildman–Crippen LogP) is 4.97. The molecule has 2 aliphatic heterocycles. The first-order valence-corrected chi connectivity index (χ1v) is 10.5. The van der Waals surface area contributed by atoms with E-state index in [1.807, 2.05) is 0 Å². The molecule has 1 unspecified atom stereocenters. The second-order valence-electron chi connectivity index (χ2n) is 11.4. The Balaban J connectivity index is 2.07. The molecule has 1 atom stereocenters. The van der Waals surface area contributed by atoms with Crippen LogP contribution in [0.4, 0.5) is 0 Å². The summed E-state index contributed by atoms with van der Waals surface area (Å²) in [4.78, 5) is 14.7. The lowest BCUT2D eigenvalue weighted by molar-refractivity contribution is 0.182. The Morgan fingerprint density at radius 1 is 1.00 bits per heavy atom. The zero-order valence-electron chi connectivity index (χ0n) is 19.3. The molecule has 0 bridgehead atoms.